The Hall–Kier alpha value is -0.430. The molecule has 0 aliphatic rings. The van der Waals surface area contributed by atoms with Crippen molar-refractivity contribution in [2.75, 3.05) is 0 Å². The molecule has 11 N–H and O–H groups in total. The molecule has 0 spiro atoms. The molecule has 6 nitrogen and oxygen atoms in total. The summed E-state index contributed by atoms with van der Waals surface area (Å²) < 4.78 is 8.25. The summed E-state index contributed by atoms with van der Waals surface area (Å²) >= 11 is 0. The molecule has 0 unspecified atom stereocenters. The van der Waals surface area contributed by atoms with Gasteiger partial charge >= 0.3 is 17.1 Å². The second kappa shape index (κ2) is 628. The Balaban J connectivity index is -0.000000000556. The summed E-state index contributed by atoms with van der Waals surface area (Å²) in [7, 11) is -0.500. The first-order valence-corrected chi connectivity index (χ1v) is 0.471. The van der Waals surface area contributed by atoms with Gasteiger partial charge in [0.25, 0.3) is 0 Å². The second-order valence-electron chi connectivity index (χ2n) is 0.0962. The van der Waals surface area contributed by atoms with E-state index in [0.29, 0.717) is 0 Å². The minimum Gasteiger partial charge on any atom is -0.369 e. The van der Waals surface area contributed by atoms with E-state index in [0.717, 1.165) is 0 Å². The van der Waals surface area contributed by atoms with Gasteiger partial charge in [-0.2, -0.15) is 0 Å². The van der Waals surface area contributed by atoms with Crippen molar-refractivity contribution in [3.8, 4) is 0 Å². The van der Waals surface area contributed by atoms with Crippen LogP contribution in [0.3, 0.4) is 0 Å². The van der Waals surface area contributed by atoms with Crippen molar-refractivity contribution in [1.82, 2.24) is 12.3 Å². The maximum atomic E-state index is 8.25. The van der Waals surface area contributed by atoms with Crippen molar-refractivity contribution in [3.05, 3.63) is 0 Å². The van der Waals surface area contributed by atoms with E-state index in [4.69, 9.17) is 9.73 Å². The predicted molar refractivity (Wildman–Crippen MR) is 38.9 cm³/mol. The van der Waals surface area contributed by atoms with Gasteiger partial charge in [-0.15, -0.1) is 0 Å². The van der Waals surface area contributed by atoms with Crippen LogP contribution in [0.1, 0.15) is 5.71 Å². The fourth-order valence-corrected chi connectivity index (χ4v) is 0. The van der Waals surface area contributed by atoms with Crippen molar-refractivity contribution in [3.63, 3.8) is 0 Å². The maximum Gasteiger partial charge on any atom is 0 e. The first kappa shape index (κ1) is 133. The standard InChI is InChI=1S/BO2.B.2H3N.2H2O.4H2/c2-1-3;;;;;;;;;/h;;2*1H3;2*1H2;4*1H/q-1;;;;;;;;;/p+1. The summed E-state index contributed by atoms with van der Waals surface area (Å²) in [4.78, 5) is 0. The van der Waals surface area contributed by atoms with Crippen LogP contribution in [0.25, 0.3) is 0 Å². The number of hydrogen-bond donors (Lipinski definition) is 2. The van der Waals surface area contributed by atoms with Crippen LogP contribution >= 0.6 is 0 Å². The smallest absolute Gasteiger partial charge is 0 e. The van der Waals surface area contributed by atoms with E-state index in [1.165, 1.54) is 0 Å². The zero-order chi connectivity index (χ0) is 2.71. The molecule has 0 bridgehead atoms. The summed E-state index contributed by atoms with van der Waals surface area (Å²) in [5, 5.41) is 8.25. The van der Waals surface area contributed by atoms with Gasteiger partial charge in [0.1, 0.15) is 0 Å². The van der Waals surface area contributed by atoms with Gasteiger partial charge < -0.3 is 23.3 Å². The summed E-state index contributed by atoms with van der Waals surface area (Å²) in [6.07, 6.45) is 0. The van der Waals surface area contributed by atoms with Crippen LogP contribution in [-0.4, -0.2) is 26.7 Å². The Labute approximate surface area is 55.9 Å². The third-order valence-electron chi connectivity index (χ3n) is 0. The van der Waals surface area contributed by atoms with Crippen molar-refractivity contribution >= 4 is 15.8 Å². The Morgan fingerprint density at radius 1 is 1.38 bits per heavy atom. The zero-order valence-corrected chi connectivity index (χ0v) is 4.68. The van der Waals surface area contributed by atoms with Crippen molar-refractivity contribution in [1.29, 1.82) is 0 Å². The van der Waals surface area contributed by atoms with Gasteiger partial charge in [0, 0.05) is 14.1 Å². The molecule has 0 heterocycles. The molecule has 0 rings (SSSR count). The minimum absolute atomic E-state index is 0. The SMILES string of the molecule is N.O.O.O=B[O-].[B].[HH].[HH].[HH].[HH].[NH4+]. The van der Waals surface area contributed by atoms with E-state index in [1.54, 1.807) is 0 Å². The summed E-state index contributed by atoms with van der Waals surface area (Å²) in [6.45, 7) is 0. The van der Waals surface area contributed by atoms with Crippen LogP contribution in [0, 0.1) is 0 Å². The van der Waals surface area contributed by atoms with E-state index in [1.807, 2.05) is 0 Å². The van der Waals surface area contributed by atoms with Gasteiger partial charge in [0.05, 0.1) is 0 Å². The molecular formula is H19B2N2O4. The van der Waals surface area contributed by atoms with E-state index in [9.17, 15) is 0 Å². The number of quaternary nitrogens is 1. The Bertz CT molecular complexity index is 30.5. The van der Waals surface area contributed by atoms with Crippen molar-refractivity contribution in [2.24, 2.45) is 0 Å². The normalized spacial score (nSPS) is 1.00. The molecule has 0 fully saturated rings. The predicted octanol–water partition coefficient (Wildman–Crippen LogP) is -2.20. The summed E-state index contributed by atoms with van der Waals surface area (Å²) in [5.41, 5.74) is 0. The van der Waals surface area contributed by atoms with E-state index < -0.39 is 7.35 Å². The average Bonchev–Trinajstić information content (AvgIpc) is 0.918. The van der Waals surface area contributed by atoms with Crippen molar-refractivity contribution < 1.29 is 26.4 Å². The monoisotopic (exact) mass is 133 g/mol. The van der Waals surface area contributed by atoms with Crippen LogP contribution in [0.4, 0.5) is 0 Å². The van der Waals surface area contributed by atoms with Crippen LogP contribution in [0.5, 0.6) is 0 Å². The second-order valence-corrected chi connectivity index (χ2v) is 0.0962. The molecule has 0 amide bonds. The van der Waals surface area contributed by atoms with Crippen LogP contribution in [-0.2, 0) is 4.70 Å². The topological polar surface area (TPSA) is 175 Å². The molecule has 0 aromatic heterocycles. The van der Waals surface area contributed by atoms with Gasteiger partial charge in [-0.05, 0) is 0 Å². The Kier molecular flexibility index (Phi) is 10400. The summed E-state index contributed by atoms with van der Waals surface area (Å²) in [5.74, 6) is 0. The van der Waals surface area contributed by atoms with Gasteiger partial charge in [0.2, 0.25) is 0 Å². The minimum atomic E-state index is -0.500. The molecule has 8 heavy (non-hydrogen) atoms. The van der Waals surface area contributed by atoms with E-state index in [2.05, 4.69) is 0 Å². The molecule has 3 radical (unpaired) electrons. The molecule has 8 heteroatoms. The van der Waals surface area contributed by atoms with E-state index >= 15 is 0 Å². The number of hydrogen-bond acceptors (Lipinski definition) is 3. The molecule has 0 aliphatic heterocycles. The molecular weight excluding hydrogens is 114 g/mol. The molecule has 0 aromatic carbocycles. The average molecular weight is 133 g/mol. The molecule has 0 saturated heterocycles. The Morgan fingerprint density at radius 2 is 1.38 bits per heavy atom. The zero-order valence-electron chi connectivity index (χ0n) is 4.68. The third kappa shape index (κ3) is 629. The fourth-order valence-electron chi connectivity index (χ4n) is 0. The van der Waals surface area contributed by atoms with Gasteiger partial charge in [0.15, 0.2) is 0 Å². The van der Waals surface area contributed by atoms with Crippen molar-refractivity contribution in [2.45, 2.75) is 0 Å². The van der Waals surface area contributed by atoms with Gasteiger partial charge in [-0.1, -0.05) is 0 Å². The van der Waals surface area contributed by atoms with Gasteiger partial charge in [-0.3, -0.25) is 0 Å². The van der Waals surface area contributed by atoms with Crippen LogP contribution < -0.4 is 17.3 Å². The molecule has 0 aromatic rings. The number of rotatable bonds is 0. The first-order valence-electron chi connectivity index (χ1n) is 0.471. The van der Waals surface area contributed by atoms with Crippen LogP contribution in [0.15, 0.2) is 0 Å². The van der Waals surface area contributed by atoms with Crippen LogP contribution in [0.2, 0.25) is 0 Å². The van der Waals surface area contributed by atoms with E-state index in [-0.39, 0.29) is 37.4 Å². The summed E-state index contributed by atoms with van der Waals surface area (Å²) in [6, 6.07) is 0. The molecule has 0 saturated carbocycles. The molecule has 0 aliphatic carbocycles. The Morgan fingerprint density at radius 3 is 1.38 bits per heavy atom. The molecule has 0 atom stereocenters. The first-order chi connectivity index (χ1) is 1.41. The maximum absolute atomic E-state index is 8.25. The third-order valence-corrected chi connectivity index (χ3v) is 0. The molecule has 59 valence electrons. The largest absolute Gasteiger partial charge is 0.369 e. The quantitative estimate of drug-likeness (QED) is 0.357. The fraction of sp³-hybridized carbons (Fsp3) is 0. The van der Waals surface area contributed by atoms with Gasteiger partial charge in [-0.25, -0.2) is 0 Å².